The topological polar surface area (TPSA) is 69.9 Å². The highest BCUT2D eigenvalue weighted by Gasteiger charge is 2.21. The van der Waals surface area contributed by atoms with E-state index >= 15 is 0 Å². The number of carbonyl (C=O) groups excluding carboxylic acids is 1. The van der Waals surface area contributed by atoms with Crippen molar-refractivity contribution < 1.29 is 9.53 Å². The fourth-order valence-electron chi connectivity index (χ4n) is 2.07. The molecule has 0 spiro atoms. The lowest BCUT2D eigenvalue weighted by atomic mass is 10.1. The third-order valence-corrected chi connectivity index (χ3v) is 2.99. The summed E-state index contributed by atoms with van der Waals surface area (Å²) in [5, 5.41) is 8.12. The van der Waals surface area contributed by atoms with E-state index in [9.17, 15) is 4.79 Å². The van der Waals surface area contributed by atoms with Gasteiger partial charge < -0.3 is 4.74 Å². The maximum absolute atomic E-state index is 12.0. The van der Waals surface area contributed by atoms with Crippen LogP contribution in [-0.4, -0.2) is 32.6 Å². The second-order valence-corrected chi connectivity index (χ2v) is 5.22. The molecule has 2 aromatic rings. The van der Waals surface area contributed by atoms with Gasteiger partial charge in [0.05, 0.1) is 18.8 Å². The average Bonchev–Trinajstić information content (AvgIpc) is 2.82. The average molecular weight is 288 g/mol. The summed E-state index contributed by atoms with van der Waals surface area (Å²) >= 11 is 0. The molecule has 0 aliphatic heterocycles. The van der Waals surface area contributed by atoms with E-state index in [-0.39, 0.29) is 0 Å². The number of hydrogen-bond donors (Lipinski definition) is 0. The van der Waals surface area contributed by atoms with Crippen molar-refractivity contribution in [2.75, 3.05) is 6.61 Å². The van der Waals surface area contributed by atoms with Crippen molar-refractivity contribution in [1.29, 1.82) is 0 Å². The van der Waals surface area contributed by atoms with Gasteiger partial charge >= 0.3 is 5.97 Å². The monoisotopic (exact) mass is 288 g/mol. The molecule has 6 heteroatoms. The van der Waals surface area contributed by atoms with Crippen LogP contribution in [0.2, 0.25) is 0 Å². The Kier molecular flexibility index (Phi) is 5.03. The van der Waals surface area contributed by atoms with Crippen molar-refractivity contribution in [1.82, 2.24) is 20.0 Å². The Morgan fingerprint density at radius 3 is 2.67 bits per heavy atom. The van der Waals surface area contributed by atoms with E-state index in [4.69, 9.17) is 4.74 Å². The molecule has 0 fully saturated rings. The molecule has 0 unspecified atom stereocenters. The SMILES string of the molecule is CCOC(=O)c1nnn(Cc2ccncc2)c1CC(C)C. The van der Waals surface area contributed by atoms with Gasteiger partial charge in [-0.25, -0.2) is 9.48 Å². The van der Waals surface area contributed by atoms with Crippen LogP contribution in [0, 0.1) is 5.92 Å². The van der Waals surface area contributed by atoms with E-state index in [1.54, 1.807) is 24.0 Å². The summed E-state index contributed by atoms with van der Waals surface area (Å²) in [5.74, 6) is -0.0120. The Hall–Kier alpha value is -2.24. The fraction of sp³-hybridized carbons (Fsp3) is 0.467. The minimum absolute atomic E-state index is 0.319. The fourth-order valence-corrected chi connectivity index (χ4v) is 2.07. The molecule has 21 heavy (non-hydrogen) atoms. The maximum atomic E-state index is 12.0. The van der Waals surface area contributed by atoms with Crippen LogP contribution >= 0.6 is 0 Å². The Bertz CT molecular complexity index is 593. The smallest absolute Gasteiger partial charge is 0.360 e. The lowest BCUT2D eigenvalue weighted by Gasteiger charge is -2.10. The molecule has 2 aromatic heterocycles. The van der Waals surface area contributed by atoms with Crippen LogP contribution < -0.4 is 0 Å². The molecule has 0 aliphatic rings. The molecule has 0 aromatic carbocycles. The van der Waals surface area contributed by atoms with Crippen LogP contribution in [0.4, 0.5) is 0 Å². The first-order chi connectivity index (χ1) is 10.1. The lowest BCUT2D eigenvalue weighted by molar-refractivity contribution is 0.0517. The van der Waals surface area contributed by atoms with Crippen LogP contribution in [0.15, 0.2) is 24.5 Å². The summed E-state index contributed by atoms with van der Waals surface area (Å²) in [5.41, 5.74) is 2.20. The van der Waals surface area contributed by atoms with Crippen LogP contribution in [0.1, 0.15) is 42.5 Å². The van der Waals surface area contributed by atoms with Gasteiger partial charge in [-0.1, -0.05) is 19.1 Å². The summed E-state index contributed by atoms with van der Waals surface area (Å²) in [4.78, 5) is 16.0. The second-order valence-electron chi connectivity index (χ2n) is 5.22. The molecule has 0 radical (unpaired) electrons. The van der Waals surface area contributed by atoms with Crippen LogP contribution in [0.25, 0.3) is 0 Å². The number of rotatable bonds is 6. The summed E-state index contributed by atoms with van der Waals surface area (Å²) in [7, 11) is 0. The molecule has 0 amide bonds. The van der Waals surface area contributed by atoms with Crippen LogP contribution in [0.5, 0.6) is 0 Å². The predicted octanol–water partition coefficient (Wildman–Crippen LogP) is 2.10. The normalized spacial score (nSPS) is 10.9. The van der Waals surface area contributed by atoms with Crippen molar-refractivity contribution >= 4 is 5.97 Å². The first-order valence-corrected chi connectivity index (χ1v) is 7.10. The lowest BCUT2D eigenvalue weighted by Crippen LogP contribution is -2.13. The maximum Gasteiger partial charge on any atom is 0.360 e. The third-order valence-electron chi connectivity index (χ3n) is 2.99. The van der Waals surface area contributed by atoms with Crippen molar-refractivity contribution in [2.24, 2.45) is 5.92 Å². The molecular weight excluding hydrogens is 268 g/mol. The van der Waals surface area contributed by atoms with E-state index in [0.717, 1.165) is 17.7 Å². The van der Waals surface area contributed by atoms with E-state index < -0.39 is 5.97 Å². The Balaban J connectivity index is 2.30. The van der Waals surface area contributed by atoms with Gasteiger partial charge in [-0.2, -0.15) is 0 Å². The molecule has 0 N–H and O–H groups in total. The number of aromatic nitrogens is 4. The number of esters is 1. The molecular formula is C15H20N4O2. The van der Waals surface area contributed by atoms with E-state index in [1.807, 2.05) is 12.1 Å². The largest absolute Gasteiger partial charge is 0.461 e. The summed E-state index contributed by atoms with van der Waals surface area (Å²) in [6.45, 7) is 6.87. The first-order valence-electron chi connectivity index (χ1n) is 7.10. The number of hydrogen-bond acceptors (Lipinski definition) is 5. The molecule has 112 valence electrons. The predicted molar refractivity (Wildman–Crippen MR) is 77.9 cm³/mol. The zero-order valence-electron chi connectivity index (χ0n) is 12.6. The van der Waals surface area contributed by atoms with Gasteiger partial charge in [-0.3, -0.25) is 4.98 Å². The Labute approximate surface area is 124 Å². The van der Waals surface area contributed by atoms with Gasteiger partial charge in [-0.05, 0) is 37.0 Å². The van der Waals surface area contributed by atoms with Crippen LogP contribution in [-0.2, 0) is 17.7 Å². The Morgan fingerprint density at radius 1 is 1.33 bits per heavy atom. The summed E-state index contributed by atoms with van der Waals surface area (Å²) in [6, 6.07) is 3.84. The van der Waals surface area contributed by atoms with E-state index in [1.165, 1.54) is 0 Å². The van der Waals surface area contributed by atoms with Crippen molar-refractivity contribution in [2.45, 2.75) is 33.7 Å². The van der Waals surface area contributed by atoms with Crippen molar-refractivity contribution in [3.63, 3.8) is 0 Å². The van der Waals surface area contributed by atoms with Crippen molar-refractivity contribution in [3.8, 4) is 0 Å². The number of ether oxygens (including phenoxy) is 1. The van der Waals surface area contributed by atoms with E-state index in [2.05, 4.69) is 29.1 Å². The molecule has 0 aliphatic carbocycles. The highest BCUT2D eigenvalue weighted by atomic mass is 16.5. The van der Waals surface area contributed by atoms with E-state index in [0.29, 0.717) is 24.8 Å². The third kappa shape index (κ3) is 3.87. The zero-order chi connectivity index (χ0) is 15.2. The second kappa shape index (κ2) is 6.97. The molecule has 2 heterocycles. The minimum atomic E-state index is -0.408. The van der Waals surface area contributed by atoms with Gasteiger partial charge in [-0.15, -0.1) is 5.10 Å². The molecule has 0 saturated carbocycles. The van der Waals surface area contributed by atoms with Gasteiger partial charge in [0.1, 0.15) is 0 Å². The quantitative estimate of drug-likeness (QED) is 0.761. The molecule has 6 nitrogen and oxygen atoms in total. The summed E-state index contributed by atoms with van der Waals surface area (Å²) in [6.07, 6.45) is 4.20. The number of carbonyl (C=O) groups is 1. The highest BCUT2D eigenvalue weighted by Crippen LogP contribution is 2.14. The number of nitrogens with zero attached hydrogens (tertiary/aromatic N) is 4. The van der Waals surface area contributed by atoms with Gasteiger partial charge in [0, 0.05) is 12.4 Å². The first kappa shape index (κ1) is 15.2. The Morgan fingerprint density at radius 2 is 2.05 bits per heavy atom. The molecule has 0 bridgehead atoms. The molecule has 0 saturated heterocycles. The van der Waals surface area contributed by atoms with Crippen LogP contribution in [0.3, 0.4) is 0 Å². The molecule has 0 atom stereocenters. The standard InChI is InChI=1S/C15H20N4O2/c1-4-21-15(20)14-13(9-11(2)3)19(18-17-14)10-12-5-7-16-8-6-12/h5-8,11H,4,9-10H2,1-3H3. The minimum Gasteiger partial charge on any atom is -0.461 e. The van der Waals surface area contributed by atoms with Gasteiger partial charge in [0.25, 0.3) is 0 Å². The summed E-state index contributed by atoms with van der Waals surface area (Å²) < 4.78 is 6.81. The van der Waals surface area contributed by atoms with Gasteiger partial charge in [0.15, 0.2) is 5.69 Å². The number of pyridine rings is 1. The zero-order valence-corrected chi connectivity index (χ0v) is 12.6. The van der Waals surface area contributed by atoms with Crippen molar-refractivity contribution in [3.05, 3.63) is 41.5 Å². The van der Waals surface area contributed by atoms with Gasteiger partial charge in [0.2, 0.25) is 0 Å². The highest BCUT2D eigenvalue weighted by molar-refractivity contribution is 5.88. The molecule has 2 rings (SSSR count).